The van der Waals surface area contributed by atoms with Crippen LogP contribution in [-0.4, -0.2) is 183 Å². The van der Waals surface area contributed by atoms with Crippen molar-refractivity contribution in [1.29, 1.82) is 0 Å². The Bertz CT molecular complexity index is 3240. The van der Waals surface area contributed by atoms with E-state index < -0.39 is 200 Å². The number of ether oxygens (including phenoxy) is 15. The molecule has 0 radical (unpaired) electrons. The summed E-state index contributed by atoms with van der Waals surface area (Å²) in [7, 11) is 0. The van der Waals surface area contributed by atoms with Crippen molar-refractivity contribution in [3.05, 3.63) is 52.9 Å². The lowest BCUT2D eigenvalue weighted by Gasteiger charge is -2.45. The normalized spacial score (nSPS) is 26.2. The molecule has 0 spiro atoms. The van der Waals surface area contributed by atoms with Gasteiger partial charge in [0, 0.05) is 95.2 Å². The lowest BCUT2D eigenvalue weighted by atomic mass is 9.95. The van der Waals surface area contributed by atoms with Gasteiger partial charge in [-0.3, -0.25) is 62.3 Å². The van der Waals surface area contributed by atoms with Crippen LogP contribution in [-0.2, 0) is 114 Å². The average Bonchev–Trinajstić information content (AvgIpc) is 0.870. The summed E-state index contributed by atoms with van der Waals surface area (Å²) in [5.74, 6) is -10.7. The number of nitrogens with one attached hydrogen (secondary N) is 3. The zero-order chi connectivity index (χ0) is 65.7. The molecule has 89 heavy (non-hydrogen) atoms. The van der Waals surface area contributed by atoms with E-state index in [4.69, 9.17) is 75.5 Å². The van der Waals surface area contributed by atoms with Crippen LogP contribution >= 0.6 is 0 Å². The van der Waals surface area contributed by atoms with Crippen molar-refractivity contribution >= 4 is 82.4 Å². The van der Waals surface area contributed by atoms with Crippen molar-refractivity contribution in [2.75, 3.05) is 19.8 Å². The zero-order valence-corrected chi connectivity index (χ0v) is 50.2. The number of esters is 9. The Morgan fingerprint density at radius 1 is 0.404 bits per heavy atom. The van der Waals surface area contributed by atoms with Gasteiger partial charge in [0.25, 0.3) is 0 Å². The number of amides is 3. The highest BCUT2D eigenvalue weighted by atomic mass is 16.7. The fourth-order valence-electron chi connectivity index (χ4n) is 9.83. The van der Waals surface area contributed by atoms with Crippen LogP contribution in [0.3, 0.4) is 0 Å². The number of hydrogen-bond donors (Lipinski definition) is 3. The van der Waals surface area contributed by atoms with E-state index in [0.29, 0.717) is 0 Å². The Morgan fingerprint density at radius 2 is 0.730 bits per heavy atom. The largest absolute Gasteiger partial charge is 0.463 e. The Hall–Kier alpha value is -9.43. The molecule has 484 valence electrons. The number of carbonyl (C=O) groups excluding carboxylic acids is 12. The molecule has 3 saturated heterocycles. The van der Waals surface area contributed by atoms with Crippen molar-refractivity contribution in [3.63, 3.8) is 0 Å². The number of rotatable bonds is 22. The van der Waals surface area contributed by atoms with E-state index in [2.05, 4.69) is 16.0 Å². The van der Waals surface area contributed by atoms with Crippen LogP contribution in [0.4, 0.5) is 0 Å². The molecule has 15 atom stereocenters. The summed E-state index contributed by atoms with van der Waals surface area (Å²) in [4.78, 5) is 165. The Morgan fingerprint density at radius 3 is 1.06 bits per heavy atom. The van der Waals surface area contributed by atoms with Crippen molar-refractivity contribution < 1.29 is 133 Å². The summed E-state index contributed by atoms with van der Waals surface area (Å²) >= 11 is 0. The van der Waals surface area contributed by atoms with E-state index in [9.17, 15) is 57.5 Å². The molecule has 1 aromatic heterocycles. The van der Waals surface area contributed by atoms with Gasteiger partial charge in [0.05, 0.1) is 5.56 Å². The Balaban J connectivity index is 1.52. The van der Waals surface area contributed by atoms with Crippen LogP contribution in [0.2, 0.25) is 0 Å². The monoisotopic (exact) mass is 1260 g/mol. The first-order valence-electron chi connectivity index (χ1n) is 27.3. The molecule has 3 aliphatic heterocycles. The zero-order valence-electron chi connectivity index (χ0n) is 50.2. The minimum Gasteiger partial charge on any atom is -0.463 e. The summed E-state index contributed by atoms with van der Waals surface area (Å²) < 4.78 is 93.0. The van der Waals surface area contributed by atoms with Crippen LogP contribution < -0.4 is 35.6 Å². The maximum Gasteiger partial charge on any atom is 0.303 e. The van der Waals surface area contributed by atoms with Gasteiger partial charge in [0.2, 0.25) is 42.0 Å². The van der Waals surface area contributed by atoms with Gasteiger partial charge in [-0.2, -0.15) is 0 Å². The van der Waals surface area contributed by atoms with E-state index in [0.717, 1.165) is 95.4 Å². The minimum absolute atomic E-state index is 0.00714. The molecular formula is C57H67N3O29. The molecule has 32 nitrogen and oxygen atoms in total. The summed E-state index contributed by atoms with van der Waals surface area (Å²) in [6, 6.07) is 3.28. The molecule has 2 aromatic carbocycles. The molecule has 4 heterocycles. The fourth-order valence-corrected chi connectivity index (χ4v) is 9.83. The second kappa shape index (κ2) is 30.5. The molecule has 15 unspecified atom stereocenters. The minimum atomic E-state index is -1.89. The summed E-state index contributed by atoms with van der Waals surface area (Å²) in [5.41, 5.74) is -1.20. The fraction of sp³-hybridized carbons (Fsp3) is 0.526. The van der Waals surface area contributed by atoms with E-state index in [-0.39, 0.29) is 28.2 Å². The second-order valence-electron chi connectivity index (χ2n) is 20.3. The molecule has 3 aromatic rings. The first-order chi connectivity index (χ1) is 41.9. The number of carbonyl (C=O) groups is 12. The number of hydrogen-bond acceptors (Lipinski definition) is 29. The van der Waals surface area contributed by atoms with Crippen molar-refractivity contribution in [2.24, 2.45) is 0 Å². The van der Waals surface area contributed by atoms with Crippen LogP contribution in [0.1, 0.15) is 83.1 Å². The maximum absolute atomic E-state index is 15.2. The second-order valence-corrected chi connectivity index (χ2v) is 20.3. The van der Waals surface area contributed by atoms with E-state index in [1.54, 1.807) is 0 Å². The molecule has 0 aliphatic carbocycles. The van der Waals surface area contributed by atoms with Crippen LogP contribution in [0.5, 0.6) is 17.2 Å². The van der Waals surface area contributed by atoms with E-state index in [1.807, 2.05) is 0 Å². The van der Waals surface area contributed by atoms with Gasteiger partial charge < -0.3 is 91.4 Å². The summed E-state index contributed by atoms with van der Waals surface area (Å²) in [5, 5.41) is 7.35. The molecule has 3 fully saturated rings. The molecule has 3 N–H and O–H groups in total. The third kappa shape index (κ3) is 18.8. The Labute approximate surface area is 506 Å². The van der Waals surface area contributed by atoms with Crippen LogP contribution in [0.25, 0.3) is 22.1 Å². The molecular weight excluding hydrogens is 1190 g/mol. The predicted molar refractivity (Wildman–Crippen MR) is 292 cm³/mol. The quantitative estimate of drug-likeness (QED) is 0.0914. The van der Waals surface area contributed by atoms with Gasteiger partial charge in [-0.05, 0) is 17.7 Å². The molecule has 32 heteroatoms. The van der Waals surface area contributed by atoms with E-state index >= 15 is 4.79 Å². The highest BCUT2D eigenvalue weighted by molar-refractivity contribution is 5.88. The van der Waals surface area contributed by atoms with Crippen molar-refractivity contribution in [1.82, 2.24) is 16.0 Å². The van der Waals surface area contributed by atoms with E-state index in [1.165, 1.54) is 30.3 Å². The van der Waals surface area contributed by atoms with Crippen molar-refractivity contribution in [2.45, 2.75) is 175 Å². The SMILES string of the molecule is CC(=O)NC1C(Oc2ccc(-c3coc4cc(OC5OC(COC(C)=O)C(OC(C)=O)C(OC(C)=O)C5NC(C)=O)cc(OC5OC(COC(C)=O)C(OC(C)=O)C(OC(C)=O)C5NC(C)=O)c4c3=O)cc2)OC(COC(C)=O)C(OC(C)=O)C1OC(C)=O. The molecule has 0 bridgehead atoms. The van der Waals surface area contributed by atoms with Gasteiger partial charge in [-0.25, -0.2) is 0 Å². The maximum atomic E-state index is 15.2. The van der Waals surface area contributed by atoms with Gasteiger partial charge in [-0.1, -0.05) is 12.1 Å². The molecule has 3 aliphatic rings. The smallest absolute Gasteiger partial charge is 0.303 e. The number of benzene rings is 2. The molecule has 0 saturated carbocycles. The van der Waals surface area contributed by atoms with Gasteiger partial charge in [0.15, 0.2) is 36.6 Å². The topological polar surface area (TPSA) is 410 Å². The van der Waals surface area contributed by atoms with Crippen LogP contribution in [0.15, 0.2) is 51.9 Å². The first kappa shape index (κ1) is 68.7. The summed E-state index contributed by atoms with van der Waals surface area (Å²) in [6.07, 6.45) is -17.8. The lowest BCUT2D eigenvalue weighted by molar-refractivity contribution is -0.258. The number of fused-ring (bicyclic) bond motifs is 1. The standard InChI is InChI=1S/C57H67N3O29/c1-23(61)58-45-52(81-32(10)70)49(78-29(7)67)41(20-74-26(4)64)87-55(45)84-36-15-13-35(14-16-36)38-19-77-39-17-37(85-56-46(59-24(2)62)53(82-33(11)71)50(79-30(8)68)42(88-56)21-75-27(5)65)18-40(44(39)48(38)73)86-57-47(60-25(3)63)54(83-34(12)72)51(80-31(9)69)43(89-57)22-76-28(6)66/h13-19,41-43,45-47,49-57H,20-22H2,1-12H3,(H,58,61)(H,59,62)(H,60,63). The molecule has 3 amide bonds. The Kier molecular flexibility index (Phi) is 23.5. The highest BCUT2D eigenvalue weighted by Crippen LogP contribution is 2.38. The van der Waals surface area contributed by atoms with Gasteiger partial charge in [0.1, 0.15) is 90.7 Å². The molecule has 6 rings (SSSR count). The van der Waals surface area contributed by atoms with Gasteiger partial charge >= 0.3 is 53.7 Å². The van der Waals surface area contributed by atoms with Crippen LogP contribution in [0, 0.1) is 0 Å². The average molecular weight is 1260 g/mol. The third-order valence-electron chi connectivity index (χ3n) is 12.9. The van der Waals surface area contributed by atoms with Gasteiger partial charge in [-0.15, -0.1) is 0 Å². The third-order valence-corrected chi connectivity index (χ3v) is 12.9. The lowest BCUT2D eigenvalue weighted by Crippen LogP contribution is -2.67. The summed E-state index contributed by atoms with van der Waals surface area (Å²) in [6.45, 7) is 11.0. The highest BCUT2D eigenvalue weighted by Gasteiger charge is 2.55. The van der Waals surface area contributed by atoms with Crippen molar-refractivity contribution in [3.8, 4) is 28.4 Å². The first-order valence-corrected chi connectivity index (χ1v) is 27.3. The predicted octanol–water partition coefficient (Wildman–Crippen LogP) is 0.565.